The molecule has 0 bridgehead atoms. The van der Waals surface area contributed by atoms with Gasteiger partial charge in [-0.25, -0.2) is 4.39 Å². The molecule has 0 aromatic heterocycles. The van der Waals surface area contributed by atoms with Gasteiger partial charge in [-0.15, -0.1) is 0 Å². The van der Waals surface area contributed by atoms with E-state index in [0.29, 0.717) is 18.0 Å². The molecule has 0 spiro atoms. The molecule has 2 unspecified atom stereocenters. The number of halogens is 2. The van der Waals surface area contributed by atoms with Gasteiger partial charge in [0, 0.05) is 23.2 Å². The van der Waals surface area contributed by atoms with Crippen LogP contribution >= 0.6 is 11.6 Å². The summed E-state index contributed by atoms with van der Waals surface area (Å²) in [6.07, 6.45) is 1.75. The monoisotopic (exact) mass is 363 g/mol. The van der Waals surface area contributed by atoms with Crippen molar-refractivity contribution in [2.75, 3.05) is 13.2 Å². The van der Waals surface area contributed by atoms with Crippen LogP contribution in [-0.4, -0.2) is 24.4 Å². The second kappa shape index (κ2) is 8.77. The Kier molecular flexibility index (Phi) is 6.43. The molecular formula is C20H23ClFNO2. The first-order chi connectivity index (χ1) is 12.1. The van der Waals surface area contributed by atoms with E-state index in [9.17, 15) is 9.50 Å². The van der Waals surface area contributed by atoms with Crippen LogP contribution < -0.4 is 5.32 Å². The van der Waals surface area contributed by atoms with Gasteiger partial charge in [-0.1, -0.05) is 41.9 Å². The Bertz CT molecular complexity index is 676. The van der Waals surface area contributed by atoms with E-state index in [2.05, 4.69) is 5.32 Å². The predicted molar refractivity (Wildman–Crippen MR) is 97.0 cm³/mol. The summed E-state index contributed by atoms with van der Waals surface area (Å²) in [7, 11) is 0. The first-order valence-electron chi connectivity index (χ1n) is 8.61. The van der Waals surface area contributed by atoms with Crippen LogP contribution in [0.25, 0.3) is 0 Å². The number of nitrogens with one attached hydrogen (secondary N) is 1. The molecule has 1 aliphatic carbocycles. The van der Waals surface area contributed by atoms with Gasteiger partial charge in [0.25, 0.3) is 0 Å². The van der Waals surface area contributed by atoms with Crippen molar-refractivity contribution < 1.29 is 14.2 Å². The molecule has 0 heterocycles. The molecule has 134 valence electrons. The van der Waals surface area contributed by atoms with Gasteiger partial charge in [0.1, 0.15) is 5.82 Å². The standard InChI is InChI=1S/C20H23ClFNO2/c21-17-9-7-15(8-10-17)20(14-5-6-14)23-11-18(24)13-25-12-16-3-1-2-4-19(16)22/h1-4,7-10,14,18,20,23-24H,5-6,11-13H2. The molecule has 2 aromatic rings. The Morgan fingerprint density at radius 2 is 1.88 bits per heavy atom. The van der Waals surface area contributed by atoms with Gasteiger partial charge in [-0.05, 0) is 42.5 Å². The van der Waals surface area contributed by atoms with Crippen molar-refractivity contribution in [2.24, 2.45) is 5.92 Å². The van der Waals surface area contributed by atoms with Gasteiger partial charge < -0.3 is 15.2 Å². The first kappa shape index (κ1) is 18.3. The number of hydrogen-bond acceptors (Lipinski definition) is 3. The van der Waals surface area contributed by atoms with E-state index in [0.717, 1.165) is 5.02 Å². The van der Waals surface area contributed by atoms with E-state index in [1.165, 1.54) is 24.5 Å². The van der Waals surface area contributed by atoms with Gasteiger partial charge in [-0.3, -0.25) is 0 Å². The molecular weight excluding hydrogens is 341 g/mol. The summed E-state index contributed by atoms with van der Waals surface area (Å²) < 4.78 is 19.0. The third kappa shape index (κ3) is 5.51. The average molecular weight is 364 g/mol. The number of aliphatic hydroxyl groups excluding tert-OH is 1. The Hall–Kier alpha value is -1.46. The highest BCUT2D eigenvalue weighted by molar-refractivity contribution is 6.30. The summed E-state index contributed by atoms with van der Waals surface area (Å²) in [6.45, 7) is 0.757. The molecule has 3 nitrogen and oxygen atoms in total. The van der Waals surface area contributed by atoms with Crippen LogP contribution in [0, 0.1) is 11.7 Å². The zero-order valence-electron chi connectivity index (χ0n) is 14.0. The minimum Gasteiger partial charge on any atom is -0.389 e. The predicted octanol–water partition coefficient (Wildman–Crippen LogP) is 4.10. The summed E-state index contributed by atoms with van der Waals surface area (Å²) in [5, 5.41) is 14.3. The second-order valence-corrected chi connectivity index (χ2v) is 6.97. The summed E-state index contributed by atoms with van der Waals surface area (Å²) in [6, 6.07) is 14.6. The largest absolute Gasteiger partial charge is 0.389 e. The topological polar surface area (TPSA) is 41.5 Å². The molecule has 0 aliphatic heterocycles. The lowest BCUT2D eigenvalue weighted by Gasteiger charge is -2.21. The highest BCUT2D eigenvalue weighted by Gasteiger charge is 2.32. The van der Waals surface area contributed by atoms with Crippen LogP contribution in [0.3, 0.4) is 0 Å². The molecule has 1 saturated carbocycles. The summed E-state index contributed by atoms with van der Waals surface area (Å²) >= 11 is 5.95. The maximum atomic E-state index is 13.5. The summed E-state index contributed by atoms with van der Waals surface area (Å²) in [4.78, 5) is 0. The third-order valence-electron chi connectivity index (χ3n) is 4.42. The lowest BCUT2D eigenvalue weighted by Crippen LogP contribution is -2.34. The maximum absolute atomic E-state index is 13.5. The van der Waals surface area contributed by atoms with Crippen LogP contribution in [0.15, 0.2) is 48.5 Å². The van der Waals surface area contributed by atoms with Crippen LogP contribution in [-0.2, 0) is 11.3 Å². The van der Waals surface area contributed by atoms with Gasteiger partial charge in [0.05, 0.1) is 19.3 Å². The fraction of sp³-hybridized carbons (Fsp3) is 0.400. The molecule has 0 amide bonds. The van der Waals surface area contributed by atoms with Crippen molar-refractivity contribution in [3.8, 4) is 0 Å². The maximum Gasteiger partial charge on any atom is 0.128 e. The summed E-state index contributed by atoms with van der Waals surface area (Å²) in [5.74, 6) is 0.319. The van der Waals surface area contributed by atoms with Crippen molar-refractivity contribution in [1.29, 1.82) is 0 Å². The Morgan fingerprint density at radius 1 is 1.16 bits per heavy atom. The zero-order valence-corrected chi connectivity index (χ0v) is 14.8. The normalized spacial score (nSPS) is 16.6. The van der Waals surface area contributed by atoms with E-state index in [1.807, 2.05) is 24.3 Å². The van der Waals surface area contributed by atoms with Crippen molar-refractivity contribution in [3.63, 3.8) is 0 Å². The molecule has 3 rings (SSSR count). The van der Waals surface area contributed by atoms with Crippen molar-refractivity contribution in [2.45, 2.75) is 31.6 Å². The van der Waals surface area contributed by atoms with Gasteiger partial charge >= 0.3 is 0 Å². The summed E-state index contributed by atoms with van der Waals surface area (Å²) in [5.41, 5.74) is 1.69. The van der Waals surface area contributed by atoms with Gasteiger partial charge in [-0.2, -0.15) is 0 Å². The minimum atomic E-state index is -0.639. The minimum absolute atomic E-state index is 0.160. The Morgan fingerprint density at radius 3 is 2.56 bits per heavy atom. The number of rotatable bonds is 9. The lowest BCUT2D eigenvalue weighted by atomic mass is 10.0. The van der Waals surface area contributed by atoms with E-state index in [1.54, 1.807) is 18.2 Å². The van der Waals surface area contributed by atoms with Crippen LogP contribution in [0.5, 0.6) is 0 Å². The van der Waals surface area contributed by atoms with Gasteiger partial charge in [0.15, 0.2) is 0 Å². The van der Waals surface area contributed by atoms with Crippen LogP contribution in [0.1, 0.15) is 30.0 Å². The molecule has 0 saturated heterocycles. The highest BCUT2D eigenvalue weighted by Crippen LogP contribution is 2.41. The molecule has 2 atom stereocenters. The molecule has 1 aliphatic rings. The SMILES string of the molecule is OC(CNC(c1ccc(Cl)cc1)C1CC1)COCc1ccccc1F. The van der Waals surface area contributed by atoms with Crippen LogP contribution in [0.2, 0.25) is 5.02 Å². The Balaban J connectivity index is 1.45. The fourth-order valence-electron chi connectivity index (χ4n) is 2.90. The Labute approximate surface area is 152 Å². The molecule has 1 fully saturated rings. The first-order valence-corrected chi connectivity index (χ1v) is 8.99. The highest BCUT2D eigenvalue weighted by atomic mass is 35.5. The van der Waals surface area contributed by atoms with Crippen LogP contribution in [0.4, 0.5) is 4.39 Å². The number of aliphatic hydroxyl groups is 1. The lowest BCUT2D eigenvalue weighted by molar-refractivity contribution is 0.0263. The number of ether oxygens (including phenoxy) is 1. The van der Waals surface area contributed by atoms with E-state index >= 15 is 0 Å². The molecule has 5 heteroatoms. The quantitative estimate of drug-likeness (QED) is 0.704. The van der Waals surface area contributed by atoms with Gasteiger partial charge in [0.2, 0.25) is 0 Å². The van der Waals surface area contributed by atoms with E-state index in [-0.39, 0.29) is 25.1 Å². The molecule has 2 N–H and O–H groups in total. The third-order valence-corrected chi connectivity index (χ3v) is 4.67. The molecule has 25 heavy (non-hydrogen) atoms. The fourth-order valence-corrected chi connectivity index (χ4v) is 3.02. The smallest absolute Gasteiger partial charge is 0.128 e. The number of benzene rings is 2. The number of hydrogen-bond donors (Lipinski definition) is 2. The zero-order chi connectivity index (χ0) is 17.6. The van der Waals surface area contributed by atoms with Crippen molar-refractivity contribution in [1.82, 2.24) is 5.32 Å². The average Bonchev–Trinajstić information content (AvgIpc) is 3.43. The second-order valence-electron chi connectivity index (χ2n) is 6.54. The molecule has 2 aromatic carbocycles. The molecule has 0 radical (unpaired) electrons. The van der Waals surface area contributed by atoms with Crippen molar-refractivity contribution >= 4 is 11.6 Å². The van der Waals surface area contributed by atoms with E-state index < -0.39 is 6.10 Å². The van der Waals surface area contributed by atoms with E-state index in [4.69, 9.17) is 16.3 Å². The van der Waals surface area contributed by atoms with Crippen molar-refractivity contribution in [3.05, 3.63) is 70.5 Å².